The first-order valence-electron chi connectivity index (χ1n) is 5.61. The Morgan fingerprint density at radius 3 is 2.56 bits per heavy atom. The fraction of sp³-hybridized carbons (Fsp3) is 0.818. The summed E-state index contributed by atoms with van der Waals surface area (Å²) in [5, 5.41) is 3.90. The monoisotopic (exact) mass is 244 g/mol. The average molecular weight is 244 g/mol. The molecule has 1 atom stereocenters. The Hall–Kier alpha value is -0.710. The molecule has 1 heterocycles. The maximum atomic E-state index is 11.6. The van der Waals surface area contributed by atoms with E-state index in [0.29, 0.717) is 23.2 Å². The van der Waals surface area contributed by atoms with Gasteiger partial charge in [0.15, 0.2) is 5.82 Å². The Kier molecular flexibility index (Phi) is 4.65. The number of aromatic nitrogens is 2. The van der Waals surface area contributed by atoms with Gasteiger partial charge in [-0.15, -0.1) is 0 Å². The molecule has 4 nitrogen and oxygen atoms in total. The van der Waals surface area contributed by atoms with Crippen molar-refractivity contribution in [2.24, 2.45) is 0 Å². The molecule has 0 aliphatic heterocycles. The van der Waals surface area contributed by atoms with Crippen LogP contribution in [0.2, 0.25) is 0 Å². The van der Waals surface area contributed by atoms with E-state index in [1.807, 2.05) is 20.8 Å². The lowest BCUT2D eigenvalue weighted by Crippen LogP contribution is -2.13. The lowest BCUT2D eigenvalue weighted by molar-refractivity contribution is 0.372. The van der Waals surface area contributed by atoms with Crippen LogP contribution in [0, 0.1) is 0 Å². The van der Waals surface area contributed by atoms with Gasteiger partial charge in [-0.25, -0.2) is 0 Å². The molecule has 0 fully saturated rings. The topological polar surface area (TPSA) is 56.0 Å². The van der Waals surface area contributed by atoms with Crippen molar-refractivity contribution in [1.82, 2.24) is 10.1 Å². The second-order valence-electron chi connectivity index (χ2n) is 4.90. The normalized spacial score (nSPS) is 14.0. The molecule has 0 bridgehead atoms. The Morgan fingerprint density at radius 2 is 2.06 bits per heavy atom. The summed E-state index contributed by atoms with van der Waals surface area (Å²) in [4.78, 5) is 4.26. The van der Waals surface area contributed by atoms with Crippen LogP contribution >= 0.6 is 0 Å². The zero-order chi connectivity index (χ0) is 12.2. The van der Waals surface area contributed by atoms with E-state index >= 15 is 0 Å². The van der Waals surface area contributed by atoms with Crippen molar-refractivity contribution in [2.45, 2.75) is 51.7 Å². The van der Waals surface area contributed by atoms with Crippen LogP contribution in [0.25, 0.3) is 0 Å². The third-order valence-electron chi connectivity index (χ3n) is 2.15. The van der Waals surface area contributed by atoms with Gasteiger partial charge in [0.25, 0.3) is 0 Å². The molecule has 16 heavy (non-hydrogen) atoms. The van der Waals surface area contributed by atoms with Crippen molar-refractivity contribution < 1.29 is 8.73 Å². The molecule has 0 aliphatic rings. The molecule has 92 valence electrons. The molecule has 1 aromatic heterocycles. The van der Waals surface area contributed by atoms with Gasteiger partial charge >= 0.3 is 0 Å². The van der Waals surface area contributed by atoms with E-state index < -0.39 is 10.8 Å². The summed E-state index contributed by atoms with van der Waals surface area (Å²) in [7, 11) is -0.881. The third-order valence-corrected chi connectivity index (χ3v) is 3.46. The number of nitrogens with zero attached hydrogens (tertiary/aromatic N) is 2. The summed E-state index contributed by atoms with van der Waals surface area (Å²) in [6.07, 6.45) is 2.04. The second-order valence-corrected chi connectivity index (χ2v) is 6.48. The SMILES string of the molecule is CCCC[S@](=O)Cc1nc(C(C)(C)C)no1. The molecule has 0 aliphatic carbocycles. The Labute approximate surface area is 99.3 Å². The van der Waals surface area contributed by atoms with Gasteiger partial charge < -0.3 is 4.52 Å². The smallest absolute Gasteiger partial charge is 0.239 e. The highest BCUT2D eigenvalue weighted by atomic mass is 32.2. The lowest BCUT2D eigenvalue weighted by atomic mass is 9.96. The minimum Gasteiger partial charge on any atom is -0.338 e. The third kappa shape index (κ3) is 4.04. The van der Waals surface area contributed by atoms with Gasteiger partial charge in [-0.05, 0) is 6.42 Å². The quantitative estimate of drug-likeness (QED) is 0.798. The number of unbranched alkanes of at least 4 members (excludes halogenated alkanes) is 1. The first-order valence-corrected chi connectivity index (χ1v) is 7.10. The predicted molar refractivity (Wildman–Crippen MR) is 64.6 cm³/mol. The number of rotatable bonds is 5. The van der Waals surface area contributed by atoms with Crippen molar-refractivity contribution in [3.05, 3.63) is 11.7 Å². The first-order chi connectivity index (χ1) is 7.43. The van der Waals surface area contributed by atoms with E-state index in [1.54, 1.807) is 0 Å². The predicted octanol–water partition coefficient (Wildman–Crippen LogP) is 2.42. The van der Waals surface area contributed by atoms with Crippen LogP contribution in [-0.4, -0.2) is 20.1 Å². The second kappa shape index (κ2) is 5.57. The van der Waals surface area contributed by atoms with Gasteiger partial charge in [0.1, 0.15) is 5.75 Å². The van der Waals surface area contributed by atoms with Crippen molar-refractivity contribution in [1.29, 1.82) is 0 Å². The van der Waals surface area contributed by atoms with E-state index in [2.05, 4.69) is 17.1 Å². The zero-order valence-corrected chi connectivity index (χ0v) is 11.3. The summed E-state index contributed by atoms with van der Waals surface area (Å²) in [5.74, 6) is 2.25. The van der Waals surface area contributed by atoms with Crippen LogP contribution in [-0.2, 0) is 22.0 Å². The van der Waals surface area contributed by atoms with E-state index in [1.165, 1.54) is 0 Å². The van der Waals surface area contributed by atoms with Crippen LogP contribution in [0.4, 0.5) is 0 Å². The maximum Gasteiger partial charge on any atom is 0.239 e. The summed E-state index contributed by atoms with van der Waals surface area (Å²) >= 11 is 0. The maximum absolute atomic E-state index is 11.6. The van der Waals surface area contributed by atoms with Gasteiger partial charge in [0.05, 0.1) is 0 Å². The number of hydrogen-bond donors (Lipinski definition) is 0. The van der Waals surface area contributed by atoms with Crippen molar-refractivity contribution in [3.8, 4) is 0 Å². The summed E-state index contributed by atoms with van der Waals surface area (Å²) in [6.45, 7) is 8.16. The fourth-order valence-electron chi connectivity index (χ4n) is 1.13. The van der Waals surface area contributed by atoms with E-state index in [0.717, 1.165) is 12.8 Å². The molecule has 1 aromatic rings. The van der Waals surface area contributed by atoms with Crippen LogP contribution < -0.4 is 0 Å². The number of hydrogen-bond acceptors (Lipinski definition) is 4. The fourth-order valence-corrected chi connectivity index (χ4v) is 2.28. The Bertz CT molecular complexity index is 355. The molecule has 0 amide bonds. The van der Waals surface area contributed by atoms with E-state index in [9.17, 15) is 4.21 Å². The first kappa shape index (κ1) is 13.4. The van der Waals surface area contributed by atoms with Crippen molar-refractivity contribution in [3.63, 3.8) is 0 Å². The van der Waals surface area contributed by atoms with Crippen LogP contribution in [0.1, 0.15) is 52.3 Å². The molecule has 0 aromatic carbocycles. The van der Waals surface area contributed by atoms with E-state index in [-0.39, 0.29) is 5.41 Å². The van der Waals surface area contributed by atoms with Crippen LogP contribution in [0.15, 0.2) is 4.52 Å². The minimum atomic E-state index is -0.881. The molecule has 0 saturated heterocycles. The molecule has 1 rings (SSSR count). The molecule has 0 unspecified atom stereocenters. The van der Waals surface area contributed by atoms with Gasteiger partial charge in [0.2, 0.25) is 5.89 Å². The van der Waals surface area contributed by atoms with Gasteiger partial charge in [0, 0.05) is 22.0 Å². The summed E-state index contributed by atoms with van der Waals surface area (Å²) < 4.78 is 16.7. The molecular formula is C11H20N2O2S. The highest BCUT2D eigenvalue weighted by molar-refractivity contribution is 7.84. The van der Waals surface area contributed by atoms with Gasteiger partial charge in [-0.1, -0.05) is 39.3 Å². The molecule has 0 saturated carbocycles. The lowest BCUT2D eigenvalue weighted by Gasteiger charge is -2.10. The van der Waals surface area contributed by atoms with Gasteiger partial charge in [-0.3, -0.25) is 4.21 Å². The molecule has 0 radical (unpaired) electrons. The highest BCUT2D eigenvalue weighted by Gasteiger charge is 2.21. The van der Waals surface area contributed by atoms with E-state index in [4.69, 9.17) is 4.52 Å². The molecule has 0 spiro atoms. The van der Waals surface area contributed by atoms with Crippen LogP contribution in [0.5, 0.6) is 0 Å². The largest absolute Gasteiger partial charge is 0.338 e. The summed E-state index contributed by atoms with van der Waals surface area (Å²) in [6, 6.07) is 0. The molecular weight excluding hydrogens is 224 g/mol. The van der Waals surface area contributed by atoms with Crippen LogP contribution in [0.3, 0.4) is 0 Å². The van der Waals surface area contributed by atoms with Crippen molar-refractivity contribution in [2.75, 3.05) is 5.75 Å². The summed E-state index contributed by atoms with van der Waals surface area (Å²) in [5.41, 5.74) is -0.118. The standard InChI is InChI=1S/C11H20N2O2S/c1-5-6-7-16(14)8-9-12-10(13-15-9)11(2,3)4/h5-8H2,1-4H3/t16-/m0/s1. The van der Waals surface area contributed by atoms with Crippen molar-refractivity contribution >= 4 is 10.8 Å². The Balaban J connectivity index is 2.56. The zero-order valence-electron chi connectivity index (χ0n) is 10.4. The Morgan fingerprint density at radius 1 is 1.38 bits per heavy atom. The molecule has 5 heteroatoms. The average Bonchev–Trinajstić information content (AvgIpc) is 2.62. The van der Waals surface area contributed by atoms with Gasteiger partial charge in [-0.2, -0.15) is 4.98 Å². The molecule has 0 N–H and O–H groups in total. The minimum absolute atomic E-state index is 0.118. The highest BCUT2D eigenvalue weighted by Crippen LogP contribution is 2.18.